The van der Waals surface area contributed by atoms with E-state index in [2.05, 4.69) is 16.9 Å². The van der Waals surface area contributed by atoms with E-state index in [1.54, 1.807) is 25.3 Å². The number of aromatic nitrogens is 1. The molecule has 0 atom stereocenters. The second kappa shape index (κ2) is 7.23. The molecule has 6 nitrogen and oxygen atoms in total. The molecule has 1 saturated heterocycles. The predicted octanol–water partition coefficient (Wildman–Crippen LogP) is 2.71. The zero-order chi connectivity index (χ0) is 18.8. The van der Waals surface area contributed by atoms with Crippen molar-refractivity contribution < 1.29 is 14.3 Å². The summed E-state index contributed by atoms with van der Waals surface area (Å²) in [5.74, 6) is -0.432. The van der Waals surface area contributed by atoms with Gasteiger partial charge in [-0.15, -0.1) is 6.58 Å². The van der Waals surface area contributed by atoms with Crippen molar-refractivity contribution in [3.8, 4) is 5.75 Å². The van der Waals surface area contributed by atoms with Gasteiger partial charge in [-0.05, 0) is 36.5 Å². The van der Waals surface area contributed by atoms with E-state index in [4.69, 9.17) is 28.6 Å². The number of hydrogen-bond donors (Lipinski definition) is 1. The lowest BCUT2D eigenvalue weighted by Gasteiger charge is -2.27. The first-order valence-corrected chi connectivity index (χ1v) is 8.37. The second-order valence-electron chi connectivity index (χ2n) is 5.45. The van der Waals surface area contributed by atoms with Crippen molar-refractivity contribution >= 4 is 57.7 Å². The molecule has 2 amide bonds. The Hall–Kier alpha value is -2.77. The van der Waals surface area contributed by atoms with Crippen molar-refractivity contribution in [3.05, 3.63) is 53.2 Å². The van der Waals surface area contributed by atoms with Crippen molar-refractivity contribution in [3.63, 3.8) is 0 Å². The van der Waals surface area contributed by atoms with Crippen LogP contribution >= 0.6 is 23.8 Å². The molecule has 2 aromatic rings. The summed E-state index contributed by atoms with van der Waals surface area (Å²) in [6.07, 6.45) is 2.94. The first-order valence-electron chi connectivity index (χ1n) is 7.58. The number of thiocarbonyl (C=S) groups is 1. The number of nitrogens with one attached hydrogen (secondary N) is 1. The smallest absolute Gasteiger partial charge is 0.265 e. The van der Waals surface area contributed by atoms with Gasteiger partial charge in [0.05, 0.1) is 12.6 Å². The number of amides is 2. The molecule has 132 valence electrons. The standard InChI is InChI=1S/C18H14ClN3O3S/c1-3-6-22-17(24)13(16(23)21-18(22)26)8-11-7-10-4-5-12(25-2)9-14(10)20-15(11)19/h3-5,7-9H,1,6H2,2H3,(H,21,23,26). The van der Waals surface area contributed by atoms with Crippen LogP contribution in [0.4, 0.5) is 0 Å². The first-order chi connectivity index (χ1) is 12.4. The third-order valence-corrected chi connectivity index (χ3v) is 4.43. The highest BCUT2D eigenvalue weighted by Crippen LogP contribution is 2.26. The van der Waals surface area contributed by atoms with Gasteiger partial charge in [-0.25, -0.2) is 4.98 Å². The molecule has 0 saturated carbocycles. The molecule has 0 aliphatic carbocycles. The summed E-state index contributed by atoms with van der Waals surface area (Å²) >= 11 is 11.3. The van der Waals surface area contributed by atoms with Gasteiger partial charge in [0.15, 0.2) is 5.11 Å². The maximum atomic E-state index is 12.6. The number of hydrogen-bond acceptors (Lipinski definition) is 5. The number of methoxy groups -OCH3 is 1. The fourth-order valence-corrected chi connectivity index (χ4v) is 2.96. The maximum Gasteiger partial charge on any atom is 0.265 e. The Bertz CT molecular complexity index is 987. The quantitative estimate of drug-likeness (QED) is 0.287. The third kappa shape index (κ3) is 3.31. The number of fused-ring (bicyclic) bond motifs is 1. The number of pyridine rings is 1. The van der Waals surface area contributed by atoms with Crippen LogP contribution in [0.3, 0.4) is 0 Å². The maximum absolute atomic E-state index is 12.6. The number of carbonyl (C=O) groups is 2. The molecule has 2 heterocycles. The number of carbonyl (C=O) groups excluding carboxylic acids is 2. The van der Waals surface area contributed by atoms with Gasteiger partial charge in [-0.1, -0.05) is 17.7 Å². The Morgan fingerprint density at radius 1 is 1.38 bits per heavy atom. The van der Waals surface area contributed by atoms with Crippen molar-refractivity contribution in [2.75, 3.05) is 13.7 Å². The molecule has 26 heavy (non-hydrogen) atoms. The lowest BCUT2D eigenvalue weighted by molar-refractivity contribution is -0.128. The Morgan fingerprint density at radius 3 is 2.85 bits per heavy atom. The monoisotopic (exact) mass is 387 g/mol. The van der Waals surface area contributed by atoms with Gasteiger partial charge in [-0.3, -0.25) is 19.8 Å². The average molecular weight is 388 g/mol. The van der Waals surface area contributed by atoms with E-state index in [0.717, 1.165) is 5.39 Å². The largest absolute Gasteiger partial charge is 0.497 e. The number of ether oxygens (including phenoxy) is 1. The number of halogens is 1. The van der Waals surface area contributed by atoms with Crippen LogP contribution in [-0.2, 0) is 9.59 Å². The summed E-state index contributed by atoms with van der Waals surface area (Å²) in [5.41, 5.74) is 1.02. The summed E-state index contributed by atoms with van der Waals surface area (Å²) in [5, 5.41) is 3.50. The fourth-order valence-electron chi connectivity index (χ4n) is 2.51. The Morgan fingerprint density at radius 2 is 2.15 bits per heavy atom. The SMILES string of the molecule is C=CCN1C(=O)C(=Cc2cc3ccc(OC)cc3nc2Cl)C(=O)NC1=S. The second-order valence-corrected chi connectivity index (χ2v) is 6.19. The number of rotatable bonds is 4. The van der Waals surface area contributed by atoms with Crippen molar-refractivity contribution in [1.82, 2.24) is 15.2 Å². The van der Waals surface area contributed by atoms with Gasteiger partial charge in [0.1, 0.15) is 16.5 Å². The molecule has 0 spiro atoms. The molecule has 1 aromatic carbocycles. The van der Waals surface area contributed by atoms with Gasteiger partial charge < -0.3 is 4.74 Å². The van der Waals surface area contributed by atoms with Crippen LogP contribution in [-0.4, -0.2) is 40.5 Å². The summed E-state index contributed by atoms with van der Waals surface area (Å²) < 4.78 is 5.17. The Labute approximate surface area is 160 Å². The average Bonchev–Trinajstić information content (AvgIpc) is 2.62. The molecular weight excluding hydrogens is 374 g/mol. The zero-order valence-corrected chi connectivity index (χ0v) is 15.4. The molecule has 0 unspecified atom stereocenters. The van der Waals surface area contributed by atoms with E-state index in [-0.39, 0.29) is 22.4 Å². The molecule has 1 fully saturated rings. The lowest BCUT2D eigenvalue weighted by Crippen LogP contribution is -2.53. The minimum absolute atomic E-state index is 0.0480. The summed E-state index contributed by atoms with van der Waals surface area (Å²) in [6, 6.07) is 7.11. The van der Waals surface area contributed by atoms with Crippen molar-refractivity contribution in [1.29, 1.82) is 0 Å². The van der Waals surface area contributed by atoms with Crippen LogP contribution in [0.1, 0.15) is 5.56 Å². The Kier molecular flexibility index (Phi) is 5.01. The van der Waals surface area contributed by atoms with Crippen LogP contribution in [0, 0.1) is 0 Å². The highest BCUT2D eigenvalue weighted by molar-refractivity contribution is 7.80. The van der Waals surface area contributed by atoms with Crippen LogP contribution in [0.2, 0.25) is 5.15 Å². The van der Waals surface area contributed by atoms with Gasteiger partial charge in [0, 0.05) is 23.6 Å². The summed E-state index contributed by atoms with van der Waals surface area (Å²) in [7, 11) is 1.56. The van der Waals surface area contributed by atoms with Crippen LogP contribution in [0.25, 0.3) is 17.0 Å². The predicted molar refractivity (Wildman–Crippen MR) is 104 cm³/mol. The number of nitrogens with zero attached hydrogens (tertiary/aromatic N) is 2. The highest BCUT2D eigenvalue weighted by Gasteiger charge is 2.32. The molecule has 1 aromatic heterocycles. The van der Waals surface area contributed by atoms with E-state index in [9.17, 15) is 9.59 Å². The molecule has 1 aliphatic heterocycles. The Balaban J connectivity index is 2.06. The van der Waals surface area contributed by atoms with Crippen molar-refractivity contribution in [2.24, 2.45) is 0 Å². The van der Waals surface area contributed by atoms with Gasteiger partial charge >= 0.3 is 0 Å². The van der Waals surface area contributed by atoms with Gasteiger partial charge in [0.2, 0.25) is 0 Å². The van der Waals surface area contributed by atoms with Crippen LogP contribution in [0.15, 0.2) is 42.5 Å². The van der Waals surface area contributed by atoms with Crippen LogP contribution in [0.5, 0.6) is 5.75 Å². The third-order valence-electron chi connectivity index (χ3n) is 3.80. The normalized spacial score (nSPS) is 16.2. The molecule has 1 aliphatic rings. The summed E-state index contributed by atoms with van der Waals surface area (Å²) in [4.78, 5) is 30.4. The molecule has 8 heteroatoms. The van der Waals surface area contributed by atoms with Gasteiger partial charge in [0.25, 0.3) is 11.8 Å². The van der Waals surface area contributed by atoms with Gasteiger partial charge in [-0.2, -0.15) is 0 Å². The van der Waals surface area contributed by atoms with E-state index >= 15 is 0 Å². The van der Waals surface area contributed by atoms with E-state index in [1.807, 2.05) is 6.07 Å². The molecule has 1 N–H and O–H groups in total. The summed E-state index contributed by atoms with van der Waals surface area (Å²) in [6.45, 7) is 3.78. The highest BCUT2D eigenvalue weighted by atomic mass is 35.5. The minimum Gasteiger partial charge on any atom is -0.497 e. The van der Waals surface area contributed by atoms with Crippen molar-refractivity contribution in [2.45, 2.75) is 0 Å². The number of benzene rings is 1. The van der Waals surface area contributed by atoms with E-state index in [1.165, 1.54) is 17.1 Å². The molecule has 3 rings (SSSR count). The van der Waals surface area contributed by atoms with E-state index < -0.39 is 11.8 Å². The zero-order valence-electron chi connectivity index (χ0n) is 13.8. The fraction of sp³-hybridized carbons (Fsp3) is 0.111. The van der Waals surface area contributed by atoms with Crippen LogP contribution < -0.4 is 10.1 Å². The molecule has 0 radical (unpaired) electrons. The minimum atomic E-state index is -0.578. The molecule has 0 bridgehead atoms. The lowest BCUT2D eigenvalue weighted by atomic mass is 10.1. The van der Waals surface area contributed by atoms with E-state index in [0.29, 0.717) is 16.8 Å². The first kappa shape index (κ1) is 18.0. The topological polar surface area (TPSA) is 71.5 Å². The molecular formula is C18H14ClN3O3S.